The molecule has 1 rings (SSSR count). The van der Waals surface area contributed by atoms with Crippen LogP contribution in [0.15, 0.2) is 0 Å². The zero-order valence-electron chi connectivity index (χ0n) is 8.24. The number of carbonyl (C=O) groups is 1. The van der Waals surface area contributed by atoms with Crippen LogP contribution in [0.4, 0.5) is 0 Å². The summed E-state index contributed by atoms with van der Waals surface area (Å²) in [5.41, 5.74) is 0.386. The summed E-state index contributed by atoms with van der Waals surface area (Å²) in [7, 11) is 0. The predicted octanol–water partition coefficient (Wildman–Crippen LogP) is 2.31. The minimum Gasteiger partial charge on any atom is -0.356 e. The Kier molecular flexibility index (Phi) is 4.04. The first-order chi connectivity index (χ1) is 6.16. The fourth-order valence-electron chi connectivity index (χ4n) is 1.58. The summed E-state index contributed by atoms with van der Waals surface area (Å²) in [6, 6.07) is 0. The first-order valence-electron chi connectivity index (χ1n) is 4.99. The second kappa shape index (κ2) is 4.85. The molecule has 1 aliphatic carbocycles. The molecule has 0 saturated heterocycles. The SMILES string of the molecule is CC1(CNC(=O)CCCCl)CCC1. The second-order valence-corrected chi connectivity index (χ2v) is 4.61. The van der Waals surface area contributed by atoms with Gasteiger partial charge in [-0.05, 0) is 24.7 Å². The van der Waals surface area contributed by atoms with Gasteiger partial charge in [0.15, 0.2) is 0 Å². The quantitative estimate of drug-likeness (QED) is 0.683. The Morgan fingerprint density at radius 2 is 2.23 bits per heavy atom. The summed E-state index contributed by atoms with van der Waals surface area (Å²) in [4.78, 5) is 11.2. The van der Waals surface area contributed by atoms with E-state index >= 15 is 0 Å². The van der Waals surface area contributed by atoms with Gasteiger partial charge in [-0.1, -0.05) is 13.3 Å². The van der Waals surface area contributed by atoms with Gasteiger partial charge in [-0.25, -0.2) is 0 Å². The molecule has 76 valence electrons. The molecule has 1 fully saturated rings. The number of amides is 1. The van der Waals surface area contributed by atoms with Gasteiger partial charge in [0.1, 0.15) is 0 Å². The van der Waals surface area contributed by atoms with Gasteiger partial charge >= 0.3 is 0 Å². The maximum atomic E-state index is 11.2. The van der Waals surface area contributed by atoms with Crippen molar-refractivity contribution in [3.05, 3.63) is 0 Å². The van der Waals surface area contributed by atoms with Gasteiger partial charge in [0.05, 0.1) is 0 Å². The number of nitrogens with one attached hydrogen (secondary N) is 1. The molecule has 13 heavy (non-hydrogen) atoms. The molecule has 0 aliphatic heterocycles. The lowest BCUT2D eigenvalue weighted by molar-refractivity contribution is -0.121. The zero-order chi connectivity index (χ0) is 9.73. The summed E-state index contributed by atoms with van der Waals surface area (Å²) in [6.45, 7) is 3.08. The Balaban J connectivity index is 2.07. The molecule has 0 spiro atoms. The number of alkyl halides is 1. The molecule has 2 nitrogen and oxygen atoms in total. The van der Waals surface area contributed by atoms with Crippen molar-refractivity contribution in [2.24, 2.45) is 5.41 Å². The van der Waals surface area contributed by atoms with Gasteiger partial charge in [-0.15, -0.1) is 11.6 Å². The van der Waals surface area contributed by atoms with Crippen LogP contribution in [-0.4, -0.2) is 18.3 Å². The number of carbonyl (C=O) groups excluding carboxylic acids is 1. The Hall–Kier alpha value is -0.240. The van der Waals surface area contributed by atoms with E-state index in [1.807, 2.05) is 0 Å². The summed E-state index contributed by atoms with van der Waals surface area (Å²) < 4.78 is 0. The van der Waals surface area contributed by atoms with E-state index in [1.54, 1.807) is 0 Å². The van der Waals surface area contributed by atoms with Crippen LogP contribution in [0.25, 0.3) is 0 Å². The van der Waals surface area contributed by atoms with Crippen molar-refractivity contribution in [2.45, 2.75) is 39.0 Å². The maximum absolute atomic E-state index is 11.2. The minimum absolute atomic E-state index is 0.147. The van der Waals surface area contributed by atoms with Crippen LogP contribution in [0.3, 0.4) is 0 Å². The summed E-state index contributed by atoms with van der Waals surface area (Å²) >= 11 is 5.49. The molecule has 0 aromatic heterocycles. The minimum atomic E-state index is 0.147. The lowest BCUT2D eigenvalue weighted by atomic mass is 9.70. The van der Waals surface area contributed by atoms with E-state index in [1.165, 1.54) is 19.3 Å². The fourth-order valence-corrected chi connectivity index (χ4v) is 1.72. The summed E-state index contributed by atoms with van der Waals surface area (Å²) in [5.74, 6) is 0.721. The summed E-state index contributed by atoms with van der Waals surface area (Å²) in [5, 5.41) is 2.96. The number of hydrogen-bond acceptors (Lipinski definition) is 1. The van der Waals surface area contributed by atoms with Crippen molar-refractivity contribution >= 4 is 17.5 Å². The zero-order valence-corrected chi connectivity index (χ0v) is 8.99. The van der Waals surface area contributed by atoms with Gasteiger partial charge < -0.3 is 5.32 Å². The van der Waals surface area contributed by atoms with E-state index in [4.69, 9.17) is 11.6 Å². The summed E-state index contributed by atoms with van der Waals surface area (Å²) in [6.07, 6.45) is 5.17. The van der Waals surface area contributed by atoms with Crippen molar-refractivity contribution < 1.29 is 4.79 Å². The Morgan fingerprint density at radius 1 is 1.54 bits per heavy atom. The van der Waals surface area contributed by atoms with Crippen LogP contribution < -0.4 is 5.32 Å². The second-order valence-electron chi connectivity index (χ2n) is 4.23. The van der Waals surface area contributed by atoms with Crippen LogP contribution in [0, 0.1) is 5.41 Å². The third-order valence-corrected chi connectivity index (χ3v) is 3.08. The van der Waals surface area contributed by atoms with Crippen molar-refractivity contribution in [2.75, 3.05) is 12.4 Å². The van der Waals surface area contributed by atoms with E-state index < -0.39 is 0 Å². The lowest BCUT2D eigenvalue weighted by Crippen LogP contribution is -2.39. The van der Waals surface area contributed by atoms with Crippen molar-refractivity contribution in [1.82, 2.24) is 5.32 Å². The monoisotopic (exact) mass is 203 g/mol. The topological polar surface area (TPSA) is 29.1 Å². The number of hydrogen-bond donors (Lipinski definition) is 1. The molecular weight excluding hydrogens is 186 g/mol. The van der Waals surface area contributed by atoms with E-state index in [2.05, 4.69) is 12.2 Å². The van der Waals surface area contributed by atoms with Crippen LogP contribution in [0.5, 0.6) is 0 Å². The standard InChI is InChI=1S/C10H18ClNO/c1-10(5-3-6-10)8-12-9(13)4-2-7-11/h2-8H2,1H3,(H,12,13). The molecular formula is C10H18ClNO. The highest BCUT2D eigenvalue weighted by Crippen LogP contribution is 2.39. The van der Waals surface area contributed by atoms with Gasteiger partial charge in [0.2, 0.25) is 5.91 Å². The molecule has 0 unspecified atom stereocenters. The molecule has 0 bridgehead atoms. The van der Waals surface area contributed by atoms with Crippen molar-refractivity contribution in [1.29, 1.82) is 0 Å². The number of rotatable bonds is 5. The Morgan fingerprint density at radius 3 is 2.69 bits per heavy atom. The first-order valence-corrected chi connectivity index (χ1v) is 5.52. The molecule has 1 aliphatic rings. The van der Waals surface area contributed by atoms with Gasteiger partial charge in [-0.2, -0.15) is 0 Å². The van der Waals surface area contributed by atoms with Crippen LogP contribution in [0.1, 0.15) is 39.0 Å². The third-order valence-electron chi connectivity index (χ3n) is 2.81. The third kappa shape index (κ3) is 3.55. The van der Waals surface area contributed by atoms with Gasteiger partial charge in [0, 0.05) is 18.8 Å². The van der Waals surface area contributed by atoms with Crippen LogP contribution in [0.2, 0.25) is 0 Å². The fraction of sp³-hybridized carbons (Fsp3) is 0.900. The molecule has 0 aromatic rings. The lowest BCUT2D eigenvalue weighted by Gasteiger charge is -2.38. The highest BCUT2D eigenvalue weighted by atomic mass is 35.5. The largest absolute Gasteiger partial charge is 0.356 e. The van der Waals surface area contributed by atoms with Crippen molar-refractivity contribution in [3.8, 4) is 0 Å². The molecule has 0 aromatic carbocycles. The average molecular weight is 204 g/mol. The smallest absolute Gasteiger partial charge is 0.220 e. The van der Waals surface area contributed by atoms with Gasteiger partial charge in [0.25, 0.3) is 0 Å². The van der Waals surface area contributed by atoms with E-state index in [0.717, 1.165) is 13.0 Å². The Bertz CT molecular complexity index is 178. The Labute approximate surface area is 85.0 Å². The van der Waals surface area contributed by atoms with Crippen LogP contribution in [-0.2, 0) is 4.79 Å². The normalized spacial score (nSPS) is 19.2. The molecule has 0 heterocycles. The molecule has 0 atom stereocenters. The molecule has 1 saturated carbocycles. The molecule has 1 N–H and O–H groups in total. The maximum Gasteiger partial charge on any atom is 0.220 e. The van der Waals surface area contributed by atoms with E-state index in [9.17, 15) is 4.79 Å². The highest BCUT2D eigenvalue weighted by Gasteiger charge is 2.31. The molecule has 0 radical (unpaired) electrons. The number of halogens is 1. The molecule has 1 amide bonds. The van der Waals surface area contributed by atoms with Gasteiger partial charge in [-0.3, -0.25) is 4.79 Å². The predicted molar refractivity (Wildman–Crippen MR) is 54.9 cm³/mol. The first kappa shape index (κ1) is 10.8. The van der Waals surface area contributed by atoms with Crippen molar-refractivity contribution in [3.63, 3.8) is 0 Å². The van der Waals surface area contributed by atoms with E-state index in [-0.39, 0.29) is 5.91 Å². The van der Waals surface area contributed by atoms with Crippen LogP contribution >= 0.6 is 11.6 Å². The molecule has 3 heteroatoms. The van der Waals surface area contributed by atoms with E-state index in [0.29, 0.717) is 17.7 Å². The highest BCUT2D eigenvalue weighted by molar-refractivity contribution is 6.17. The average Bonchev–Trinajstić information content (AvgIpc) is 2.08.